The molecule has 0 unspecified atom stereocenters. The number of aliphatic hydroxyl groups is 2. The Balaban J connectivity index is 2.46. The highest BCUT2D eigenvalue weighted by molar-refractivity contribution is 6.00. The van der Waals surface area contributed by atoms with Gasteiger partial charge in [-0.15, -0.1) is 0 Å². The lowest BCUT2D eigenvalue weighted by atomic mass is 9.90. The molecule has 0 bridgehead atoms. The minimum Gasteiger partial charge on any atom is -0.493 e. The molecule has 0 fully saturated rings. The van der Waals surface area contributed by atoms with E-state index in [0.29, 0.717) is 22.6 Å². The SMILES string of the molecule is COc1cc2cc(CO)c(CO)c(-c3ccc(=O)n(C)c3)c2cc1OC. The van der Waals surface area contributed by atoms with E-state index in [1.807, 2.05) is 18.2 Å². The summed E-state index contributed by atoms with van der Waals surface area (Å²) in [5, 5.41) is 21.4. The maximum Gasteiger partial charge on any atom is 0.250 e. The second-order valence-corrected chi connectivity index (χ2v) is 6.00. The average molecular weight is 355 g/mol. The largest absolute Gasteiger partial charge is 0.493 e. The van der Waals surface area contributed by atoms with Crippen LogP contribution in [-0.4, -0.2) is 29.0 Å². The van der Waals surface area contributed by atoms with Crippen molar-refractivity contribution in [2.45, 2.75) is 13.2 Å². The van der Waals surface area contributed by atoms with Gasteiger partial charge in [0.25, 0.3) is 0 Å². The molecule has 2 aromatic carbocycles. The lowest BCUT2D eigenvalue weighted by molar-refractivity contribution is 0.260. The van der Waals surface area contributed by atoms with Crippen LogP contribution in [0.25, 0.3) is 21.9 Å². The summed E-state index contributed by atoms with van der Waals surface area (Å²) >= 11 is 0. The third-order valence-electron chi connectivity index (χ3n) is 4.55. The molecule has 0 aliphatic heterocycles. The highest BCUT2D eigenvalue weighted by atomic mass is 16.5. The van der Waals surface area contributed by atoms with E-state index < -0.39 is 0 Å². The van der Waals surface area contributed by atoms with Gasteiger partial charge in [0.15, 0.2) is 11.5 Å². The first-order valence-corrected chi connectivity index (χ1v) is 8.13. The molecule has 1 heterocycles. The van der Waals surface area contributed by atoms with Gasteiger partial charge in [0.2, 0.25) is 5.56 Å². The molecule has 0 aliphatic carbocycles. The molecule has 0 atom stereocenters. The molecule has 136 valence electrons. The van der Waals surface area contributed by atoms with Crippen molar-refractivity contribution in [1.82, 2.24) is 4.57 Å². The maximum atomic E-state index is 11.8. The van der Waals surface area contributed by atoms with Crippen LogP contribution in [0.3, 0.4) is 0 Å². The van der Waals surface area contributed by atoms with Gasteiger partial charge in [-0.05, 0) is 57.3 Å². The van der Waals surface area contributed by atoms with Crippen LogP contribution in [-0.2, 0) is 20.3 Å². The summed E-state index contributed by atoms with van der Waals surface area (Å²) in [5.41, 5.74) is 2.64. The first-order chi connectivity index (χ1) is 12.5. The van der Waals surface area contributed by atoms with Crippen molar-refractivity contribution >= 4 is 10.8 Å². The normalized spacial score (nSPS) is 11.0. The lowest BCUT2D eigenvalue weighted by Gasteiger charge is -2.18. The van der Waals surface area contributed by atoms with Crippen LogP contribution >= 0.6 is 0 Å². The number of aryl methyl sites for hydroxylation is 1. The van der Waals surface area contributed by atoms with E-state index in [1.54, 1.807) is 33.5 Å². The summed E-state index contributed by atoms with van der Waals surface area (Å²) in [6.45, 7) is -0.447. The zero-order valence-corrected chi connectivity index (χ0v) is 14.9. The number of nitrogens with zero attached hydrogens (tertiary/aromatic N) is 1. The Morgan fingerprint density at radius 2 is 1.69 bits per heavy atom. The van der Waals surface area contributed by atoms with Crippen molar-refractivity contribution in [1.29, 1.82) is 0 Å². The lowest BCUT2D eigenvalue weighted by Crippen LogP contribution is -2.14. The number of benzene rings is 2. The molecule has 1 aromatic heterocycles. The van der Waals surface area contributed by atoms with Gasteiger partial charge < -0.3 is 24.3 Å². The molecule has 0 spiro atoms. The minimum atomic E-state index is -0.238. The van der Waals surface area contributed by atoms with Crippen LogP contribution in [0.15, 0.2) is 41.3 Å². The molecule has 2 N–H and O–H groups in total. The van der Waals surface area contributed by atoms with Gasteiger partial charge in [-0.3, -0.25) is 4.79 Å². The van der Waals surface area contributed by atoms with E-state index in [1.165, 1.54) is 10.6 Å². The first-order valence-electron chi connectivity index (χ1n) is 8.13. The number of pyridine rings is 1. The topological polar surface area (TPSA) is 80.9 Å². The zero-order valence-electron chi connectivity index (χ0n) is 14.9. The maximum absolute atomic E-state index is 11.8. The van der Waals surface area contributed by atoms with Crippen LogP contribution < -0.4 is 15.0 Å². The van der Waals surface area contributed by atoms with Gasteiger partial charge in [0.1, 0.15) is 0 Å². The van der Waals surface area contributed by atoms with Gasteiger partial charge in [0.05, 0.1) is 27.4 Å². The molecule has 0 aliphatic rings. The summed E-state index contributed by atoms with van der Waals surface area (Å²) in [4.78, 5) is 11.8. The fraction of sp³-hybridized carbons (Fsp3) is 0.250. The molecule has 26 heavy (non-hydrogen) atoms. The van der Waals surface area contributed by atoms with Crippen LogP contribution in [0.4, 0.5) is 0 Å². The molecule has 6 nitrogen and oxygen atoms in total. The smallest absolute Gasteiger partial charge is 0.250 e. The molecule has 3 rings (SSSR count). The molecule has 3 aromatic rings. The Bertz CT molecular complexity index is 1020. The fourth-order valence-corrected chi connectivity index (χ4v) is 3.22. The highest BCUT2D eigenvalue weighted by Crippen LogP contribution is 2.40. The zero-order chi connectivity index (χ0) is 18.8. The van der Waals surface area contributed by atoms with E-state index in [-0.39, 0.29) is 18.8 Å². The van der Waals surface area contributed by atoms with Crippen LogP contribution in [0, 0.1) is 0 Å². The Labute approximate surface area is 150 Å². The number of fused-ring (bicyclic) bond motifs is 1. The van der Waals surface area contributed by atoms with E-state index in [2.05, 4.69) is 0 Å². The van der Waals surface area contributed by atoms with Crippen molar-refractivity contribution in [3.8, 4) is 22.6 Å². The average Bonchev–Trinajstić information content (AvgIpc) is 2.67. The summed E-state index contributed by atoms with van der Waals surface area (Å²) < 4.78 is 12.3. The fourth-order valence-electron chi connectivity index (χ4n) is 3.22. The predicted octanol–water partition coefficient (Wildman–Crippen LogP) is 2.21. The summed E-state index contributed by atoms with van der Waals surface area (Å²) in [6.07, 6.45) is 1.72. The Morgan fingerprint density at radius 3 is 2.27 bits per heavy atom. The van der Waals surface area contributed by atoms with Crippen molar-refractivity contribution in [3.63, 3.8) is 0 Å². The number of methoxy groups -OCH3 is 2. The quantitative estimate of drug-likeness (QED) is 0.733. The van der Waals surface area contributed by atoms with Crippen LogP contribution in [0.1, 0.15) is 11.1 Å². The number of rotatable bonds is 5. The Hall–Kier alpha value is -2.83. The van der Waals surface area contributed by atoms with Crippen LogP contribution in [0.5, 0.6) is 11.5 Å². The highest BCUT2D eigenvalue weighted by Gasteiger charge is 2.17. The standard InChI is InChI=1S/C20H21NO5/c1-21-9-12(4-5-19(21)24)20-15-8-18(26-3)17(25-2)7-13(15)6-14(10-22)16(20)11-23/h4-9,22-23H,10-11H2,1-3H3. The number of ether oxygens (including phenoxy) is 2. The van der Waals surface area contributed by atoms with Crippen molar-refractivity contribution in [2.24, 2.45) is 7.05 Å². The monoisotopic (exact) mass is 355 g/mol. The predicted molar refractivity (Wildman–Crippen MR) is 99.6 cm³/mol. The van der Waals surface area contributed by atoms with Crippen molar-refractivity contribution in [2.75, 3.05) is 14.2 Å². The second kappa shape index (κ2) is 7.19. The number of hydrogen-bond donors (Lipinski definition) is 2. The van der Waals surface area contributed by atoms with Gasteiger partial charge in [-0.2, -0.15) is 0 Å². The Morgan fingerprint density at radius 1 is 1.00 bits per heavy atom. The molecular weight excluding hydrogens is 334 g/mol. The molecular formula is C20H21NO5. The molecule has 0 saturated carbocycles. The second-order valence-electron chi connectivity index (χ2n) is 6.00. The molecule has 0 radical (unpaired) electrons. The van der Waals surface area contributed by atoms with Gasteiger partial charge in [-0.1, -0.05) is 0 Å². The number of aromatic nitrogens is 1. The number of hydrogen-bond acceptors (Lipinski definition) is 5. The Kier molecular flexibility index (Phi) is 4.97. The van der Waals surface area contributed by atoms with E-state index in [9.17, 15) is 15.0 Å². The molecule has 0 amide bonds. The van der Waals surface area contributed by atoms with E-state index >= 15 is 0 Å². The van der Waals surface area contributed by atoms with Gasteiger partial charge in [-0.25, -0.2) is 0 Å². The minimum absolute atomic E-state index is 0.124. The van der Waals surface area contributed by atoms with E-state index in [4.69, 9.17) is 9.47 Å². The van der Waals surface area contributed by atoms with Crippen molar-refractivity contribution < 1.29 is 19.7 Å². The number of aliphatic hydroxyl groups excluding tert-OH is 2. The summed E-state index contributed by atoms with van der Waals surface area (Å²) in [5.74, 6) is 1.14. The first kappa shape index (κ1) is 18.0. The molecule has 0 saturated heterocycles. The van der Waals surface area contributed by atoms with Crippen LogP contribution in [0.2, 0.25) is 0 Å². The third-order valence-corrected chi connectivity index (χ3v) is 4.55. The molecule has 6 heteroatoms. The third kappa shape index (κ3) is 2.94. The van der Waals surface area contributed by atoms with Gasteiger partial charge >= 0.3 is 0 Å². The van der Waals surface area contributed by atoms with Crippen molar-refractivity contribution in [3.05, 3.63) is 58.0 Å². The summed E-state index contributed by atoms with van der Waals surface area (Å²) in [6, 6.07) is 8.70. The van der Waals surface area contributed by atoms with E-state index in [0.717, 1.165) is 21.9 Å². The summed E-state index contributed by atoms with van der Waals surface area (Å²) in [7, 11) is 4.80. The van der Waals surface area contributed by atoms with Gasteiger partial charge in [0, 0.05) is 19.3 Å².